The van der Waals surface area contributed by atoms with Crippen molar-refractivity contribution in [3.63, 3.8) is 0 Å². The molecule has 0 unspecified atom stereocenters. The van der Waals surface area contributed by atoms with E-state index in [2.05, 4.69) is 60.1 Å². The molecule has 1 aliphatic heterocycles. The average molecular weight is 381 g/mol. The van der Waals surface area contributed by atoms with Crippen LogP contribution in [0, 0.1) is 11.8 Å². The largest absolute Gasteiger partial charge is 0.391 e. The van der Waals surface area contributed by atoms with Crippen molar-refractivity contribution in [2.45, 2.75) is 39.3 Å². The Balaban J connectivity index is 1.41. The number of para-hydroxylation sites is 1. The van der Waals surface area contributed by atoms with Crippen molar-refractivity contribution in [3.8, 4) is 0 Å². The predicted molar refractivity (Wildman–Crippen MR) is 113 cm³/mol. The summed E-state index contributed by atoms with van der Waals surface area (Å²) in [6.07, 6.45) is 3.69. The Labute approximate surface area is 165 Å². The van der Waals surface area contributed by atoms with Crippen LogP contribution in [0.3, 0.4) is 0 Å². The molecule has 0 bridgehead atoms. The van der Waals surface area contributed by atoms with Crippen molar-refractivity contribution in [2.75, 3.05) is 13.1 Å². The van der Waals surface area contributed by atoms with E-state index in [4.69, 9.17) is 0 Å². The number of benzene rings is 1. The minimum atomic E-state index is -0.257. The third-order valence-electron chi connectivity index (χ3n) is 5.41. The molecule has 0 spiro atoms. The molecule has 0 aliphatic carbocycles. The topological polar surface area (TPSA) is 36.4 Å². The number of nitrogens with zero attached hydrogens (tertiary/aromatic N) is 2. The number of pyridine rings is 1. The van der Waals surface area contributed by atoms with Gasteiger partial charge in [-0.15, -0.1) is 11.3 Å². The van der Waals surface area contributed by atoms with Crippen LogP contribution in [0.5, 0.6) is 0 Å². The number of aromatic nitrogens is 1. The molecule has 1 aromatic carbocycles. The summed E-state index contributed by atoms with van der Waals surface area (Å²) in [6, 6.07) is 14.9. The van der Waals surface area contributed by atoms with E-state index < -0.39 is 0 Å². The average Bonchev–Trinajstić information content (AvgIpc) is 3.21. The molecule has 3 heterocycles. The Hall–Kier alpha value is -1.75. The van der Waals surface area contributed by atoms with E-state index in [1.165, 1.54) is 20.7 Å². The summed E-state index contributed by atoms with van der Waals surface area (Å²) in [6.45, 7) is 7.21. The van der Waals surface area contributed by atoms with Gasteiger partial charge in [0.25, 0.3) is 0 Å². The molecule has 2 atom stereocenters. The quantitative estimate of drug-likeness (QED) is 0.682. The van der Waals surface area contributed by atoms with Gasteiger partial charge in [-0.2, -0.15) is 0 Å². The molecule has 0 saturated carbocycles. The maximum absolute atomic E-state index is 10.6. The van der Waals surface area contributed by atoms with Crippen LogP contribution >= 0.6 is 11.3 Å². The standard InChI is InChI=1S/C23H28N2OS/c1-16(2)11-19-7-8-20(27-19)14-25-13-18(23(26)15-25)12-17-9-10-24-22-6-4-3-5-21(17)22/h3-10,16,18,23,26H,11-15H2,1-2H3/t18-,23-/m1/s1. The number of β-amino-alcohol motifs (C(OH)–C–C–N with tert-alkyl or cyclic N) is 1. The highest BCUT2D eigenvalue weighted by atomic mass is 32.1. The number of thiophene rings is 1. The zero-order valence-electron chi connectivity index (χ0n) is 16.1. The lowest BCUT2D eigenvalue weighted by Crippen LogP contribution is -2.20. The SMILES string of the molecule is CC(C)Cc1ccc(CN2C[C@@H](Cc3ccnc4ccccc34)[C@H](O)C2)s1. The molecule has 3 nitrogen and oxygen atoms in total. The Morgan fingerprint density at radius 3 is 2.78 bits per heavy atom. The minimum Gasteiger partial charge on any atom is -0.391 e. The van der Waals surface area contributed by atoms with E-state index in [1.54, 1.807) is 0 Å². The summed E-state index contributed by atoms with van der Waals surface area (Å²) in [7, 11) is 0. The van der Waals surface area contributed by atoms with Gasteiger partial charge >= 0.3 is 0 Å². The highest BCUT2D eigenvalue weighted by molar-refractivity contribution is 7.11. The molecule has 1 N–H and O–H groups in total. The number of rotatable bonds is 6. The summed E-state index contributed by atoms with van der Waals surface area (Å²) in [5, 5.41) is 11.9. The zero-order valence-corrected chi connectivity index (χ0v) is 17.0. The van der Waals surface area contributed by atoms with Crippen LogP contribution in [0.25, 0.3) is 10.9 Å². The molecule has 4 heteroatoms. The monoisotopic (exact) mass is 380 g/mol. The molecular formula is C23H28N2OS. The Morgan fingerprint density at radius 1 is 1.11 bits per heavy atom. The second-order valence-electron chi connectivity index (χ2n) is 8.18. The van der Waals surface area contributed by atoms with Crippen LogP contribution < -0.4 is 0 Å². The van der Waals surface area contributed by atoms with Crippen LogP contribution in [0.15, 0.2) is 48.7 Å². The first-order chi connectivity index (χ1) is 13.1. The van der Waals surface area contributed by atoms with E-state index >= 15 is 0 Å². The van der Waals surface area contributed by atoms with Crippen LogP contribution in [-0.2, 0) is 19.4 Å². The summed E-state index contributed by atoms with van der Waals surface area (Å²) < 4.78 is 0. The van der Waals surface area contributed by atoms with Gasteiger partial charge in [0.1, 0.15) is 0 Å². The van der Waals surface area contributed by atoms with E-state index in [9.17, 15) is 5.11 Å². The first-order valence-electron chi connectivity index (χ1n) is 9.89. The highest BCUT2D eigenvalue weighted by Crippen LogP contribution is 2.28. The summed E-state index contributed by atoms with van der Waals surface area (Å²) in [4.78, 5) is 9.75. The van der Waals surface area contributed by atoms with Crippen molar-refractivity contribution in [2.24, 2.45) is 11.8 Å². The van der Waals surface area contributed by atoms with Gasteiger partial charge in [0, 0.05) is 46.9 Å². The molecule has 4 rings (SSSR count). The van der Waals surface area contributed by atoms with Crippen molar-refractivity contribution < 1.29 is 5.11 Å². The van der Waals surface area contributed by atoms with Crippen LogP contribution in [-0.4, -0.2) is 34.2 Å². The second kappa shape index (κ2) is 8.09. The lowest BCUT2D eigenvalue weighted by Gasteiger charge is -2.15. The van der Waals surface area contributed by atoms with Gasteiger partial charge in [-0.25, -0.2) is 0 Å². The van der Waals surface area contributed by atoms with Crippen molar-refractivity contribution in [1.82, 2.24) is 9.88 Å². The number of hydrogen-bond acceptors (Lipinski definition) is 4. The lowest BCUT2D eigenvalue weighted by atomic mass is 9.94. The smallest absolute Gasteiger partial charge is 0.0710 e. The molecule has 0 radical (unpaired) electrons. The van der Waals surface area contributed by atoms with Crippen molar-refractivity contribution >= 4 is 22.2 Å². The third kappa shape index (κ3) is 4.40. The fraction of sp³-hybridized carbons (Fsp3) is 0.435. The molecule has 2 aromatic heterocycles. The minimum absolute atomic E-state index is 0.257. The van der Waals surface area contributed by atoms with E-state index in [-0.39, 0.29) is 12.0 Å². The lowest BCUT2D eigenvalue weighted by molar-refractivity contribution is 0.141. The predicted octanol–water partition coefficient (Wildman–Crippen LogP) is 4.53. The summed E-state index contributed by atoms with van der Waals surface area (Å²) >= 11 is 1.92. The number of fused-ring (bicyclic) bond motifs is 1. The maximum Gasteiger partial charge on any atom is 0.0710 e. The molecule has 1 aliphatic rings. The Bertz CT molecular complexity index is 899. The maximum atomic E-state index is 10.6. The molecule has 1 saturated heterocycles. The van der Waals surface area contributed by atoms with Gasteiger partial charge in [0.05, 0.1) is 11.6 Å². The van der Waals surface area contributed by atoms with E-state index in [0.29, 0.717) is 5.92 Å². The molecule has 3 aromatic rings. The van der Waals surface area contributed by atoms with Crippen LogP contribution in [0.1, 0.15) is 29.2 Å². The van der Waals surface area contributed by atoms with Crippen LogP contribution in [0.4, 0.5) is 0 Å². The van der Waals surface area contributed by atoms with E-state index in [1.807, 2.05) is 23.6 Å². The van der Waals surface area contributed by atoms with Gasteiger partial charge in [-0.05, 0) is 48.6 Å². The Kier molecular flexibility index (Phi) is 5.58. The fourth-order valence-corrected chi connectivity index (χ4v) is 5.40. The van der Waals surface area contributed by atoms with Crippen molar-refractivity contribution in [3.05, 3.63) is 64.0 Å². The number of aliphatic hydroxyl groups excluding tert-OH is 1. The molecule has 142 valence electrons. The van der Waals surface area contributed by atoms with E-state index in [0.717, 1.165) is 38.0 Å². The third-order valence-corrected chi connectivity index (χ3v) is 6.50. The molecule has 0 amide bonds. The molecular weight excluding hydrogens is 352 g/mol. The highest BCUT2D eigenvalue weighted by Gasteiger charge is 2.31. The number of aliphatic hydroxyl groups is 1. The van der Waals surface area contributed by atoms with Gasteiger partial charge in [-0.3, -0.25) is 9.88 Å². The first kappa shape index (κ1) is 18.6. The Morgan fingerprint density at radius 2 is 1.93 bits per heavy atom. The number of hydrogen-bond donors (Lipinski definition) is 1. The first-order valence-corrected chi connectivity index (χ1v) is 10.7. The summed E-state index contributed by atoms with van der Waals surface area (Å²) in [5.41, 5.74) is 2.33. The normalized spacial score (nSPS) is 20.7. The van der Waals surface area contributed by atoms with Crippen molar-refractivity contribution in [1.29, 1.82) is 0 Å². The number of likely N-dealkylation sites (tertiary alicyclic amines) is 1. The van der Waals surface area contributed by atoms with Gasteiger partial charge in [0.2, 0.25) is 0 Å². The van der Waals surface area contributed by atoms with Gasteiger partial charge in [0.15, 0.2) is 0 Å². The van der Waals surface area contributed by atoms with Gasteiger partial charge < -0.3 is 5.11 Å². The fourth-order valence-electron chi connectivity index (χ4n) is 4.13. The summed E-state index contributed by atoms with van der Waals surface area (Å²) in [5.74, 6) is 0.982. The molecule has 1 fully saturated rings. The molecule has 27 heavy (non-hydrogen) atoms. The van der Waals surface area contributed by atoms with Gasteiger partial charge in [-0.1, -0.05) is 32.0 Å². The zero-order chi connectivity index (χ0) is 18.8. The second-order valence-corrected chi connectivity index (χ2v) is 9.43. The van der Waals surface area contributed by atoms with Crippen LogP contribution in [0.2, 0.25) is 0 Å².